The number of rotatable bonds is 2. The zero-order valence-electron chi connectivity index (χ0n) is 8.73. The van der Waals surface area contributed by atoms with Crippen molar-refractivity contribution < 1.29 is 8.42 Å². The Kier molecular flexibility index (Phi) is 2.80. The fourth-order valence-electron chi connectivity index (χ4n) is 2.10. The number of sulfonamides is 1. The molecule has 0 radical (unpaired) electrons. The van der Waals surface area contributed by atoms with Crippen molar-refractivity contribution in [1.82, 2.24) is 4.72 Å². The summed E-state index contributed by atoms with van der Waals surface area (Å²) in [5.74, 6) is 0. The summed E-state index contributed by atoms with van der Waals surface area (Å²) >= 11 is 0. The van der Waals surface area contributed by atoms with Crippen LogP contribution in [-0.4, -0.2) is 20.7 Å². The molecule has 15 heavy (non-hydrogen) atoms. The van der Waals surface area contributed by atoms with Crippen molar-refractivity contribution in [1.29, 1.82) is 0 Å². The number of aryl methyl sites for hydroxylation is 1. The molecule has 1 atom stereocenters. The Morgan fingerprint density at radius 3 is 2.60 bits per heavy atom. The van der Waals surface area contributed by atoms with E-state index in [1.165, 1.54) is 17.4 Å². The minimum Gasteiger partial charge on any atom is -0.213 e. The quantitative estimate of drug-likeness (QED) is 0.819. The molecule has 0 aliphatic heterocycles. The van der Waals surface area contributed by atoms with Gasteiger partial charge in [-0.1, -0.05) is 24.3 Å². The summed E-state index contributed by atoms with van der Waals surface area (Å²) in [6.45, 7) is 0. The highest BCUT2D eigenvalue weighted by Crippen LogP contribution is 2.21. The SMILES string of the molecule is CS(=O)(=O)N[C@@H]1CCc2ccccc2C1. The van der Waals surface area contributed by atoms with Gasteiger partial charge in [-0.15, -0.1) is 0 Å². The van der Waals surface area contributed by atoms with Gasteiger partial charge in [-0.05, 0) is 30.4 Å². The second-order valence-corrected chi connectivity index (χ2v) is 5.88. The molecule has 1 aromatic rings. The molecule has 4 heteroatoms. The summed E-state index contributed by atoms with van der Waals surface area (Å²) in [5.41, 5.74) is 2.62. The summed E-state index contributed by atoms with van der Waals surface area (Å²) < 4.78 is 24.9. The molecule has 0 saturated carbocycles. The second-order valence-electron chi connectivity index (χ2n) is 4.10. The minimum atomic E-state index is -3.08. The highest BCUT2D eigenvalue weighted by Gasteiger charge is 2.20. The van der Waals surface area contributed by atoms with Crippen molar-refractivity contribution in [2.45, 2.75) is 25.3 Å². The summed E-state index contributed by atoms with van der Waals surface area (Å²) in [7, 11) is -3.08. The molecule has 1 aromatic carbocycles. The van der Waals surface area contributed by atoms with Gasteiger partial charge in [0.05, 0.1) is 6.26 Å². The topological polar surface area (TPSA) is 46.2 Å². The molecule has 82 valence electrons. The Hall–Kier alpha value is -0.870. The van der Waals surface area contributed by atoms with Gasteiger partial charge < -0.3 is 0 Å². The van der Waals surface area contributed by atoms with Crippen LogP contribution in [0.15, 0.2) is 24.3 Å². The number of fused-ring (bicyclic) bond motifs is 1. The highest BCUT2D eigenvalue weighted by atomic mass is 32.2. The molecular formula is C11H15NO2S. The lowest BCUT2D eigenvalue weighted by atomic mass is 9.89. The first-order valence-electron chi connectivity index (χ1n) is 5.09. The Morgan fingerprint density at radius 2 is 1.93 bits per heavy atom. The number of nitrogens with one attached hydrogen (secondary N) is 1. The van der Waals surface area contributed by atoms with Crippen molar-refractivity contribution in [3.63, 3.8) is 0 Å². The molecule has 1 aliphatic rings. The molecule has 1 N–H and O–H groups in total. The van der Waals surface area contributed by atoms with Crippen LogP contribution in [0.2, 0.25) is 0 Å². The monoisotopic (exact) mass is 225 g/mol. The van der Waals surface area contributed by atoms with Gasteiger partial charge in [0.15, 0.2) is 0 Å². The summed E-state index contributed by atoms with van der Waals surface area (Å²) in [5, 5.41) is 0. The lowest BCUT2D eigenvalue weighted by Gasteiger charge is -2.24. The van der Waals surface area contributed by atoms with Crippen molar-refractivity contribution >= 4 is 10.0 Å². The molecule has 0 unspecified atom stereocenters. The zero-order valence-corrected chi connectivity index (χ0v) is 9.55. The third-order valence-electron chi connectivity index (χ3n) is 2.73. The van der Waals surface area contributed by atoms with E-state index in [4.69, 9.17) is 0 Å². The first kappa shape index (κ1) is 10.6. The van der Waals surface area contributed by atoms with Crippen LogP contribution in [0, 0.1) is 0 Å². The molecule has 0 bridgehead atoms. The lowest BCUT2D eigenvalue weighted by molar-refractivity contribution is 0.511. The van der Waals surface area contributed by atoms with Gasteiger partial charge in [-0.2, -0.15) is 0 Å². The van der Waals surface area contributed by atoms with E-state index in [0.29, 0.717) is 0 Å². The molecule has 0 fully saturated rings. The normalized spacial score (nSPS) is 21.0. The van der Waals surface area contributed by atoms with Crippen LogP contribution in [0.5, 0.6) is 0 Å². The van der Waals surface area contributed by atoms with Gasteiger partial charge in [-0.3, -0.25) is 0 Å². The van der Waals surface area contributed by atoms with E-state index in [9.17, 15) is 8.42 Å². The maximum absolute atomic E-state index is 11.1. The fourth-order valence-corrected chi connectivity index (χ4v) is 2.91. The largest absolute Gasteiger partial charge is 0.213 e. The first-order valence-corrected chi connectivity index (χ1v) is 6.98. The molecule has 1 aliphatic carbocycles. The van der Waals surface area contributed by atoms with Crippen LogP contribution in [0.4, 0.5) is 0 Å². The number of hydrogen-bond acceptors (Lipinski definition) is 2. The van der Waals surface area contributed by atoms with Gasteiger partial charge in [0.1, 0.15) is 0 Å². The van der Waals surface area contributed by atoms with Gasteiger partial charge in [0.25, 0.3) is 0 Å². The van der Waals surface area contributed by atoms with E-state index >= 15 is 0 Å². The van der Waals surface area contributed by atoms with Crippen molar-refractivity contribution in [2.75, 3.05) is 6.26 Å². The van der Waals surface area contributed by atoms with E-state index in [2.05, 4.69) is 16.9 Å². The Balaban J connectivity index is 2.12. The van der Waals surface area contributed by atoms with Crippen LogP contribution in [0.1, 0.15) is 17.5 Å². The molecule has 3 nitrogen and oxygen atoms in total. The maximum Gasteiger partial charge on any atom is 0.208 e. The van der Waals surface area contributed by atoms with Gasteiger partial charge in [0.2, 0.25) is 10.0 Å². The Morgan fingerprint density at radius 1 is 1.27 bits per heavy atom. The summed E-state index contributed by atoms with van der Waals surface area (Å²) in [6, 6.07) is 8.29. The van der Waals surface area contributed by atoms with E-state index in [1.807, 2.05) is 12.1 Å². The molecule has 0 heterocycles. The maximum atomic E-state index is 11.1. The van der Waals surface area contributed by atoms with E-state index in [1.54, 1.807) is 0 Å². The summed E-state index contributed by atoms with van der Waals surface area (Å²) in [6.07, 6.45) is 3.88. The van der Waals surface area contributed by atoms with Crippen LogP contribution in [0.3, 0.4) is 0 Å². The predicted molar refractivity (Wildman–Crippen MR) is 60.2 cm³/mol. The van der Waals surface area contributed by atoms with Crippen molar-refractivity contribution in [3.05, 3.63) is 35.4 Å². The van der Waals surface area contributed by atoms with Crippen molar-refractivity contribution in [3.8, 4) is 0 Å². The Bertz CT molecular complexity index is 453. The van der Waals surface area contributed by atoms with E-state index < -0.39 is 10.0 Å². The van der Waals surface area contributed by atoms with Gasteiger partial charge in [0, 0.05) is 6.04 Å². The van der Waals surface area contributed by atoms with Gasteiger partial charge >= 0.3 is 0 Å². The number of hydrogen-bond donors (Lipinski definition) is 1. The van der Waals surface area contributed by atoms with E-state index in [-0.39, 0.29) is 6.04 Å². The third-order valence-corrected chi connectivity index (χ3v) is 3.49. The van der Waals surface area contributed by atoms with Gasteiger partial charge in [-0.25, -0.2) is 13.1 Å². The fraction of sp³-hybridized carbons (Fsp3) is 0.455. The zero-order chi connectivity index (χ0) is 10.9. The molecule has 0 aromatic heterocycles. The smallest absolute Gasteiger partial charge is 0.208 e. The van der Waals surface area contributed by atoms with Crippen LogP contribution in [-0.2, 0) is 22.9 Å². The molecule has 2 rings (SSSR count). The first-order chi connectivity index (χ1) is 7.04. The minimum absolute atomic E-state index is 0.0647. The predicted octanol–water partition coefficient (Wildman–Crippen LogP) is 1.09. The molecule has 0 amide bonds. The highest BCUT2D eigenvalue weighted by molar-refractivity contribution is 7.88. The molecule has 0 saturated heterocycles. The third kappa shape index (κ3) is 2.79. The van der Waals surface area contributed by atoms with Crippen LogP contribution in [0.25, 0.3) is 0 Å². The summed E-state index contributed by atoms with van der Waals surface area (Å²) in [4.78, 5) is 0. The standard InChI is InChI=1S/C11H15NO2S/c1-15(13,14)12-11-7-6-9-4-2-3-5-10(9)8-11/h2-5,11-12H,6-8H2,1H3/t11-/m1/s1. The molecule has 0 spiro atoms. The molecular weight excluding hydrogens is 210 g/mol. The van der Waals surface area contributed by atoms with Crippen LogP contribution >= 0.6 is 0 Å². The second kappa shape index (κ2) is 3.94. The lowest BCUT2D eigenvalue weighted by Crippen LogP contribution is -2.38. The van der Waals surface area contributed by atoms with Crippen LogP contribution < -0.4 is 4.72 Å². The van der Waals surface area contributed by atoms with E-state index in [0.717, 1.165) is 19.3 Å². The number of benzene rings is 1. The average Bonchev–Trinajstić information content (AvgIpc) is 2.15. The Labute approximate surface area is 90.6 Å². The average molecular weight is 225 g/mol. The van der Waals surface area contributed by atoms with Crippen molar-refractivity contribution in [2.24, 2.45) is 0 Å².